The Morgan fingerprint density at radius 2 is 0.706 bits per heavy atom. The Hall–Kier alpha value is -2.95. The Labute approximate surface area is 207 Å². The lowest BCUT2D eigenvalue weighted by atomic mass is 10.1. The van der Waals surface area contributed by atoms with Crippen molar-refractivity contribution < 1.29 is 0 Å². The Morgan fingerprint density at radius 3 is 1.03 bits per heavy atom. The van der Waals surface area contributed by atoms with Gasteiger partial charge >= 0.3 is 0 Å². The molecule has 0 saturated heterocycles. The van der Waals surface area contributed by atoms with Crippen LogP contribution in [-0.4, -0.2) is 16.1 Å². The zero-order valence-electron chi connectivity index (χ0n) is 20.4. The van der Waals surface area contributed by atoms with Crippen molar-refractivity contribution in [2.75, 3.05) is 0 Å². The molecule has 5 rings (SSSR count). The summed E-state index contributed by atoms with van der Waals surface area (Å²) >= 11 is 0. The summed E-state index contributed by atoms with van der Waals surface area (Å²) in [5, 5.41) is 6.47. The average molecular weight is 475 g/mol. The van der Waals surface area contributed by atoms with Gasteiger partial charge in [-0.25, -0.2) is 0 Å². The third-order valence-electron chi connectivity index (χ3n) is 7.90. The first kappa shape index (κ1) is 22.8. The summed E-state index contributed by atoms with van der Waals surface area (Å²) in [5.74, 6) is 0. The average Bonchev–Trinajstić information content (AvgIpc) is 2.90. The van der Waals surface area contributed by atoms with Crippen LogP contribution < -0.4 is 10.4 Å². The van der Waals surface area contributed by atoms with E-state index in [9.17, 15) is 0 Å². The molecular weight excluding hydrogens is 441 g/mol. The maximum atomic E-state index is 2.64. The fraction of sp³-hybridized carbons (Fsp3) is 0.188. The highest BCUT2D eigenvalue weighted by Gasteiger charge is 2.44. The molecule has 0 aliphatic carbocycles. The molecule has 4 aromatic carbocycles. The van der Waals surface area contributed by atoms with Gasteiger partial charge in [0.1, 0.15) is 16.1 Å². The SMILES string of the molecule is C[Si@]1(c2ccccc2)CCCC[Si@@](C)(c2ccccc2)/C(c2ccccc2)=C\1c1ccccc1. The van der Waals surface area contributed by atoms with Crippen LogP contribution in [-0.2, 0) is 0 Å². The van der Waals surface area contributed by atoms with E-state index in [0.717, 1.165) is 0 Å². The van der Waals surface area contributed by atoms with Gasteiger partial charge in [0.15, 0.2) is 0 Å². The molecule has 34 heavy (non-hydrogen) atoms. The summed E-state index contributed by atoms with van der Waals surface area (Å²) < 4.78 is 0. The molecule has 0 saturated carbocycles. The van der Waals surface area contributed by atoms with Crippen molar-refractivity contribution in [2.45, 2.75) is 38.0 Å². The predicted octanol–water partition coefficient (Wildman–Crippen LogP) is 7.44. The molecule has 0 nitrogen and oxygen atoms in total. The molecule has 0 amide bonds. The summed E-state index contributed by atoms with van der Waals surface area (Å²) in [4.78, 5) is 0. The highest BCUT2D eigenvalue weighted by molar-refractivity contribution is 7.14. The second kappa shape index (κ2) is 9.73. The molecule has 2 heteroatoms. The number of hydrogen-bond donors (Lipinski definition) is 0. The van der Waals surface area contributed by atoms with Crippen molar-refractivity contribution in [2.24, 2.45) is 0 Å². The van der Waals surface area contributed by atoms with Crippen LogP contribution in [0, 0.1) is 0 Å². The van der Waals surface area contributed by atoms with E-state index in [-0.39, 0.29) is 0 Å². The lowest BCUT2D eigenvalue weighted by Crippen LogP contribution is -2.53. The minimum absolute atomic E-state index is 1.30. The van der Waals surface area contributed by atoms with Crippen molar-refractivity contribution in [1.29, 1.82) is 0 Å². The minimum atomic E-state index is -2.02. The summed E-state index contributed by atoms with van der Waals surface area (Å²) in [6.07, 6.45) is 2.62. The monoisotopic (exact) mass is 474 g/mol. The first-order chi connectivity index (χ1) is 16.6. The molecule has 1 heterocycles. The number of rotatable bonds is 4. The molecular formula is C32H34Si2. The van der Waals surface area contributed by atoms with Crippen LogP contribution in [0.3, 0.4) is 0 Å². The summed E-state index contributed by atoms with van der Waals surface area (Å²) in [6.45, 7) is 5.28. The van der Waals surface area contributed by atoms with Gasteiger partial charge in [0.2, 0.25) is 0 Å². The van der Waals surface area contributed by atoms with Crippen molar-refractivity contribution in [3.05, 3.63) is 132 Å². The molecule has 0 aromatic heterocycles. The van der Waals surface area contributed by atoms with E-state index in [0.29, 0.717) is 0 Å². The quantitative estimate of drug-likeness (QED) is 0.270. The van der Waals surface area contributed by atoms with Crippen LogP contribution in [0.2, 0.25) is 25.2 Å². The molecule has 0 N–H and O–H groups in total. The molecule has 170 valence electrons. The molecule has 0 radical (unpaired) electrons. The summed E-state index contributed by atoms with van der Waals surface area (Å²) in [6, 6.07) is 48.2. The second-order valence-corrected chi connectivity index (χ2v) is 18.6. The van der Waals surface area contributed by atoms with E-state index < -0.39 is 16.1 Å². The van der Waals surface area contributed by atoms with Gasteiger partial charge in [0.25, 0.3) is 0 Å². The van der Waals surface area contributed by atoms with Gasteiger partial charge in [-0.1, -0.05) is 158 Å². The van der Waals surface area contributed by atoms with Gasteiger partial charge < -0.3 is 0 Å². The highest BCUT2D eigenvalue weighted by Crippen LogP contribution is 2.44. The first-order valence-corrected chi connectivity index (χ1v) is 18.0. The molecule has 1 aliphatic heterocycles. The molecule has 2 atom stereocenters. The van der Waals surface area contributed by atoms with Crippen molar-refractivity contribution in [3.63, 3.8) is 0 Å². The third kappa shape index (κ3) is 4.17. The van der Waals surface area contributed by atoms with Gasteiger partial charge in [0.05, 0.1) is 0 Å². The fourth-order valence-corrected chi connectivity index (χ4v) is 16.2. The van der Waals surface area contributed by atoms with E-state index in [2.05, 4.69) is 134 Å². The van der Waals surface area contributed by atoms with E-state index in [4.69, 9.17) is 0 Å². The lowest BCUT2D eigenvalue weighted by molar-refractivity contribution is 0.859. The van der Waals surface area contributed by atoms with Crippen LogP contribution in [0.4, 0.5) is 0 Å². The topological polar surface area (TPSA) is 0 Å². The normalized spacial score (nSPS) is 25.4. The lowest BCUT2D eigenvalue weighted by Gasteiger charge is -2.42. The van der Waals surface area contributed by atoms with E-state index in [1.54, 1.807) is 20.8 Å². The van der Waals surface area contributed by atoms with Crippen molar-refractivity contribution >= 4 is 36.9 Å². The zero-order chi connectivity index (χ0) is 23.4. The van der Waals surface area contributed by atoms with E-state index >= 15 is 0 Å². The van der Waals surface area contributed by atoms with Crippen LogP contribution in [0.15, 0.2) is 121 Å². The molecule has 0 bridgehead atoms. The molecule has 0 unspecified atom stereocenters. The Balaban J connectivity index is 1.93. The third-order valence-corrected chi connectivity index (χ3v) is 17.4. The maximum Gasteiger partial charge on any atom is 0.115 e. The maximum absolute atomic E-state index is 2.64. The van der Waals surface area contributed by atoms with Crippen molar-refractivity contribution in [3.8, 4) is 0 Å². The zero-order valence-corrected chi connectivity index (χ0v) is 22.4. The number of hydrogen-bond acceptors (Lipinski definition) is 0. The molecule has 4 aromatic rings. The number of benzene rings is 4. The Bertz CT molecular complexity index is 1150. The predicted molar refractivity (Wildman–Crippen MR) is 154 cm³/mol. The first-order valence-electron chi connectivity index (χ1n) is 12.6. The van der Waals surface area contributed by atoms with Crippen LogP contribution in [0.1, 0.15) is 24.0 Å². The largest absolute Gasteiger partial charge is 0.115 e. The Morgan fingerprint density at radius 1 is 0.412 bits per heavy atom. The van der Waals surface area contributed by atoms with E-state index in [1.165, 1.54) is 36.1 Å². The second-order valence-electron chi connectivity index (χ2n) is 10.1. The van der Waals surface area contributed by atoms with Gasteiger partial charge in [-0.3, -0.25) is 0 Å². The van der Waals surface area contributed by atoms with Gasteiger partial charge in [-0.15, -0.1) is 0 Å². The van der Waals surface area contributed by atoms with Crippen LogP contribution in [0.25, 0.3) is 10.4 Å². The molecule has 0 fully saturated rings. The molecule has 1 aliphatic rings. The smallest absolute Gasteiger partial charge is 0.0626 e. The standard InChI is InChI=1S/C32H34Si2/c1-33(29-21-11-5-12-22-29)25-15-16-26-34(2,30-23-13-6-14-24-30)32(28-19-9-4-10-20-28)31(33)27-17-7-3-8-18-27/h3-14,17-24H,15-16,25-26H2,1-2H3/b32-31-/t33-,34+. The van der Waals surface area contributed by atoms with Crippen LogP contribution in [0.5, 0.6) is 0 Å². The highest BCUT2D eigenvalue weighted by atomic mass is 28.3. The summed E-state index contributed by atoms with van der Waals surface area (Å²) in [5.41, 5.74) is 2.85. The van der Waals surface area contributed by atoms with E-state index in [1.807, 2.05) is 0 Å². The van der Waals surface area contributed by atoms with Crippen molar-refractivity contribution in [1.82, 2.24) is 0 Å². The van der Waals surface area contributed by atoms with Crippen LogP contribution >= 0.6 is 0 Å². The molecule has 0 spiro atoms. The Kier molecular flexibility index (Phi) is 6.53. The minimum Gasteiger partial charge on any atom is -0.0626 e. The fourth-order valence-electron chi connectivity index (χ4n) is 6.08. The summed E-state index contributed by atoms with van der Waals surface area (Å²) in [7, 11) is -4.04. The van der Waals surface area contributed by atoms with Gasteiger partial charge in [0, 0.05) is 0 Å². The van der Waals surface area contributed by atoms with Gasteiger partial charge in [-0.2, -0.15) is 0 Å². The van der Waals surface area contributed by atoms with Gasteiger partial charge in [-0.05, 0) is 33.6 Å².